The topological polar surface area (TPSA) is 75.6 Å². The van der Waals surface area contributed by atoms with Gasteiger partial charge in [-0.2, -0.15) is 4.83 Å². The molecule has 5 nitrogen and oxygen atoms in total. The third-order valence-electron chi connectivity index (χ3n) is 1.90. The zero-order chi connectivity index (χ0) is 10.6. The molecule has 6 heteroatoms. The second kappa shape index (κ2) is 4.19. The van der Waals surface area contributed by atoms with E-state index in [4.69, 9.17) is 0 Å². The van der Waals surface area contributed by atoms with Gasteiger partial charge in [0.1, 0.15) is 5.25 Å². The van der Waals surface area contributed by atoms with Crippen molar-refractivity contribution in [3.05, 3.63) is 40.8 Å². The van der Waals surface area contributed by atoms with Crippen molar-refractivity contribution in [3.63, 3.8) is 0 Å². The van der Waals surface area contributed by atoms with Crippen molar-refractivity contribution in [1.82, 2.24) is 4.83 Å². The van der Waals surface area contributed by atoms with Crippen molar-refractivity contribution in [2.75, 3.05) is 0 Å². The zero-order valence-electron chi connectivity index (χ0n) is 7.54. The molecular formula is C8H10N2O3S. The summed E-state index contributed by atoms with van der Waals surface area (Å²) in [6, 6.07) is 8.60. The molecule has 1 aromatic carbocycles. The van der Waals surface area contributed by atoms with E-state index >= 15 is 0 Å². The third kappa shape index (κ3) is 2.29. The molecule has 1 unspecified atom stereocenters. The largest absolute Gasteiger partial charge is 0.256 e. The minimum atomic E-state index is -3.69. The number of hydrogen-bond acceptors (Lipinski definition) is 4. The Labute approximate surface area is 82.1 Å². The van der Waals surface area contributed by atoms with E-state index in [1.54, 1.807) is 35.2 Å². The van der Waals surface area contributed by atoms with Crippen LogP contribution in [0.3, 0.4) is 0 Å². The number of nitrogens with one attached hydrogen (secondary N) is 1. The molecule has 76 valence electrons. The predicted molar refractivity (Wildman–Crippen MR) is 52.7 cm³/mol. The van der Waals surface area contributed by atoms with Gasteiger partial charge in [0.05, 0.1) is 5.29 Å². The Hall–Kier alpha value is -1.43. The Bertz CT molecular complexity index is 402. The number of sulfonamides is 1. The Balaban J connectivity index is 2.96. The summed E-state index contributed by atoms with van der Waals surface area (Å²) in [5.74, 6) is 0. The van der Waals surface area contributed by atoms with Crippen LogP contribution < -0.4 is 4.83 Å². The lowest BCUT2D eigenvalue weighted by Crippen LogP contribution is -2.22. The Morgan fingerprint density at radius 3 is 2.36 bits per heavy atom. The average Bonchev–Trinajstić information content (AvgIpc) is 2.18. The smallest absolute Gasteiger partial charge is 0.204 e. The lowest BCUT2D eigenvalue weighted by atomic mass is 10.2. The lowest BCUT2D eigenvalue weighted by Gasteiger charge is -2.10. The number of nitrogens with zero attached hydrogens (tertiary/aromatic N) is 1. The van der Waals surface area contributed by atoms with Crippen molar-refractivity contribution >= 4 is 10.0 Å². The molecule has 0 aromatic heterocycles. The van der Waals surface area contributed by atoms with Crippen LogP contribution >= 0.6 is 0 Å². The first-order chi connectivity index (χ1) is 6.58. The molecule has 14 heavy (non-hydrogen) atoms. The predicted octanol–water partition coefficient (Wildman–Crippen LogP) is 1.35. The van der Waals surface area contributed by atoms with Gasteiger partial charge in [0, 0.05) is 0 Å². The summed E-state index contributed by atoms with van der Waals surface area (Å²) >= 11 is 0. The van der Waals surface area contributed by atoms with E-state index in [9.17, 15) is 13.3 Å². The van der Waals surface area contributed by atoms with E-state index in [0.29, 0.717) is 5.56 Å². The highest BCUT2D eigenvalue weighted by Gasteiger charge is 2.21. The van der Waals surface area contributed by atoms with Crippen LogP contribution in [0.5, 0.6) is 0 Å². The maximum atomic E-state index is 11.3. The molecular weight excluding hydrogens is 204 g/mol. The minimum Gasteiger partial charge on any atom is -0.204 e. The quantitative estimate of drug-likeness (QED) is 0.607. The molecule has 0 aliphatic rings. The number of benzene rings is 1. The summed E-state index contributed by atoms with van der Waals surface area (Å²) in [6.07, 6.45) is 0. The second-order valence-electron chi connectivity index (χ2n) is 2.78. The Morgan fingerprint density at radius 2 is 1.86 bits per heavy atom. The maximum absolute atomic E-state index is 11.3. The molecule has 0 saturated carbocycles. The number of nitroso groups, excluding NO2 is 1. The molecule has 0 aliphatic heterocycles. The summed E-state index contributed by atoms with van der Waals surface area (Å²) in [5.41, 5.74) is 0.614. The van der Waals surface area contributed by atoms with Crippen LogP contribution in [0.25, 0.3) is 0 Å². The fraction of sp³-hybridized carbons (Fsp3) is 0.250. The molecule has 0 fully saturated rings. The van der Waals surface area contributed by atoms with Crippen LogP contribution in [0.4, 0.5) is 0 Å². The fourth-order valence-corrected chi connectivity index (χ4v) is 1.81. The average molecular weight is 214 g/mol. The van der Waals surface area contributed by atoms with Crippen LogP contribution in [0.2, 0.25) is 0 Å². The van der Waals surface area contributed by atoms with Crippen molar-refractivity contribution in [3.8, 4) is 0 Å². The van der Waals surface area contributed by atoms with E-state index < -0.39 is 15.3 Å². The Morgan fingerprint density at radius 1 is 1.29 bits per heavy atom. The van der Waals surface area contributed by atoms with E-state index in [1.807, 2.05) is 0 Å². The highest BCUT2D eigenvalue weighted by Crippen LogP contribution is 2.19. The standard InChI is InChI=1S/C8H10N2O3S/c1-7(14(12,13)10-9-11)8-5-3-2-4-6-8/h2-7H,1H3,(H,10,11). The van der Waals surface area contributed by atoms with Crippen LogP contribution in [0, 0.1) is 4.91 Å². The first kappa shape index (κ1) is 10.6. The van der Waals surface area contributed by atoms with E-state index in [-0.39, 0.29) is 0 Å². The number of hydrogen-bond donors (Lipinski definition) is 1. The van der Waals surface area contributed by atoms with Gasteiger partial charge in [0.25, 0.3) is 10.0 Å². The van der Waals surface area contributed by atoms with E-state index in [2.05, 4.69) is 5.29 Å². The van der Waals surface area contributed by atoms with Crippen molar-refractivity contribution in [2.45, 2.75) is 12.2 Å². The molecule has 1 rings (SSSR count). The fourth-order valence-electron chi connectivity index (χ4n) is 1.03. The van der Waals surface area contributed by atoms with E-state index in [0.717, 1.165) is 0 Å². The monoisotopic (exact) mass is 214 g/mol. The molecule has 1 atom stereocenters. The van der Waals surface area contributed by atoms with Crippen molar-refractivity contribution < 1.29 is 8.42 Å². The van der Waals surface area contributed by atoms with E-state index in [1.165, 1.54) is 6.92 Å². The second-order valence-corrected chi connectivity index (χ2v) is 4.76. The van der Waals surface area contributed by atoms with Gasteiger partial charge >= 0.3 is 0 Å². The van der Waals surface area contributed by atoms with Gasteiger partial charge in [-0.05, 0) is 12.5 Å². The normalized spacial score (nSPS) is 13.2. The summed E-state index contributed by atoms with van der Waals surface area (Å²) < 4.78 is 22.7. The summed E-state index contributed by atoms with van der Waals surface area (Å²) in [5, 5.41) is 1.38. The van der Waals surface area contributed by atoms with Gasteiger partial charge in [0.15, 0.2) is 0 Å². The van der Waals surface area contributed by atoms with Gasteiger partial charge in [-0.3, -0.25) is 0 Å². The van der Waals surface area contributed by atoms with Gasteiger partial charge in [-0.15, -0.1) is 4.91 Å². The molecule has 0 amide bonds. The summed E-state index contributed by atoms with van der Waals surface area (Å²) in [4.78, 5) is 11.4. The highest BCUT2D eigenvalue weighted by molar-refractivity contribution is 7.89. The molecule has 0 radical (unpaired) electrons. The Kier molecular flexibility index (Phi) is 3.19. The van der Waals surface area contributed by atoms with Gasteiger partial charge in [-0.25, -0.2) is 8.42 Å². The van der Waals surface area contributed by atoms with Gasteiger partial charge in [-0.1, -0.05) is 30.3 Å². The van der Waals surface area contributed by atoms with Crippen LogP contribution in [0.15, 0.2) is 35.6 Å². The minimum absolute atomic E-state index is 0.614. The molecule has 0 spiro atoms. The SMILES string of the molecule is CC(c1ccccc1)S(=O)(=O)NN=O. The first-order valence-corrected chi connectivity index (χ1v) is 5.50. The molecule has 0 bridgehead atoms. The summed E-state index contributed by atoms with van der Waals surface area (Å²) in [6.45, 7) is 1.49. The highest BCUT2D eigenvalue weighted by atomic mass is 32.2. The van der Waals surface area contributed by atoms with Crippen molar-refractivity contribution in [1.29, 1.82) is 0 Å². The van der Waals surface area contributed by atoms with Gasteiger partial charge in [0.2, 0.25) is 0 Å². The maximum Gasteiger partial charge on any atom is 0.256 e. The van der Waals surface area contributed by atoms with Gasteiger partial charge < -0.3 is 0 Å². The molecule has 1 aromatic rings. The van der Waals surface area contributed by atoms with Crippen LogP contribution in [-0.2, 0) is 10.0 Å². The van der Waals surface area contributed by atoms with Crippen LogP contribution in [0.1, 0.15) is 17.7 Å². The lowest BCUT2D eigenvalue weighted by molar-refractivity contribution is 0.573. The zero-order valence-corrected chi connectivity index (χ0v) is 8.36. The molecule has 1 N–H and O–H groups in total. The number of rotatable bonds is 4. The molecule has 0 saturated heterocycles. The molecule has 0 aliphatic carbocycles. The van der Waals surface area contributed by atoms with Crippen molar-refractivity contribution in [2.24, 2.45) is 5.29 Å². The molecule has 0 heterocycles. The first-order valence-electron chi connectivity index (χ1n) is 3.96. The van der Waals surface area contributed by atoms with Crippen LogP contribution in [-0.4, -0.2) is 8.42 Å². The third-order valence-corrected chi connectivity index (χ3v) is 3.43. The summed E-state index contributed by atoms with van der Waals surface area (Å²) in [7, 11) is -3.69.